The molecule has 3 nitrogen and oxygen atoms in total. The predicted molar refractivity (Wildman–Crippen MR) is 44.8 cm³/mol. The summed E-state index contributed by atoms with van der Waals surface area (Å²) in [7, 11) is 0.238. The first-order chi connectivity index (χ1) is 5.13. The SMILES string of the molecule is CCCS(=O)C(C)C(=O)OC. The van der Waals surface area contributed by atoms with Crippen molar-refractivity contribution in [3.8, 4) is 0 Å². The van der Waals surface area contributed by atoms with Crippen LogP contribution < -0.4 is 0 Å². The molecule has 0 aromatic heterocycles. The van der Waals surface area contributed by atoms with Crippen LogP contribution in [0.25, 0.3) is 0 Å². The second-order valence-corrected chi connectivity index (χ2v) is 4.13. The zero-order valence-corrected chi connectivity index (χ0v) is 7.94. The Kier molecular flexibility index (Phi) is 5.11. The topological polar surface area (TPSA) is 43.4 Å². The van der Waals surface area contributed by atoms with Crippen LogP contribution in [0.3, 0.4) is 0 Å². The van der Waals surface area contributed by atoms with Gasteiger partial charge in [0.25, 0.3) is 0 Å². The highest BCUT2D eigenvalue weighted by atomic mass is 32.2. The Morgan fingerprint density at radius 3 is 2.55 bits per heavy atom. The Labute approximate surface area is 69.6 Å². The fourth-order valence-electron chi connectivity index (χ4n) is 0.651. The molecule has 0 fully saturated rings. The number of carbonyl (C=O) groups is 1. The monoisotopic (exact) mass is 178 g/mol. The molecule has 0 saturated carbocycles. The molecule has 0 aliphatic carbocycles. The van der Waals surface area contributed by atoms with Crippen LogP contribution in [0.1, 0.15) is 20.3 Å². The van der Waals surface area contributed by atoms with Crippen molar-refractivity contribution in [2.45, 2.75) is 25.5 Å². The molecule has 0 amide bonds. The fraction of sp³-hybridized carbons (Fsp3) is 0.857. The minimum Gasteiger partial charge on any atom is -0.468 e. The average Bonchev–Trinajstić information content (AvgIpc) is 2.02. The van der Waals surface area contributed by atoms with Gasteiger partial charge >= 0.3 is 5.97 Å². The highest BCUT2D eigenvalue weighted by Gasteiger charge is 2.18. The van der Waals surface area contributed by atoms with Crippen LogP contribution in [-0.4, -0.2) is 28.3 Å². The van der Waals surface area contributed by atoms with E-state index in [0.717, 1.165) is 6.42 Å². The Morgan fingerprint density at radius 2 is 2.18 bits per heavy atom. The lowest BCUT2D eigenvalue weighted by atomic mass is 10.5. The van der Waals surface area contributed by atoms with Gasteiger partial charge in [-0.15, -0.1) is 0 Å². The molecule has 0 spiro atoms. The second-order valence-electron chi connectivity index (χ2n) is 2.25. The summed E-state index contributed by atoms with van der Waals surface area (Å²) in [5.41, 5.74) is 0. The molecule has 11 heavy (non-hydrogen) atoms. The third kappa shape index (κ3) is 3.51. The number of esters is 1. The van der Waals surface area contributed by atoms with Gasteiger partial charge in [-0.2, -0.15) is 0 Å². The van der Waals surface area contributed by atoms with Crippen molar-refractivity contribution in [1.82, 2.24) is 0 Å². The van der Waals surface area contributed by atoms with Crippen LogP contribution in [0.2, 0.25) is 0 Å². The highest BCUT2D eigenvalue weighted by Crippen LogP contribution is 1.99. The Bertz CT molecular complexity index is 156. The molecule has 0 aliphatic rings. The number of hydrogen-bond donors (Lipinski definition) is 0. The Morgan fingerprint density at radius 1 is 1.64 bits per heavy atom. The van der Waals surface area contributed by atoms with Gasteiger partial charge in [-0.1, -0.05) is 6.92 Å². The number of methoxy groups -OCH3 is 1. The van der Waals surface area contributed by atoms with Crippen LogP contribution in [0.15, 0.2) is 0 Å². The lowest BCUT2D eigenvalue weighted by Crippen LogP contribution is -2.25. The number of carbonyl (C=O) groups excluding carboxylic acids is 1. The minimum atomic E-state index is -1.07. The first kappa shape index (κ1) is 10.6. The van der Waals surface area contributed by atoms with E-state index in [1.54, 1.807) is 6.92 Å². The van der Waals surface area contributed by atoms with Crippen molar-refractivity contribution in [2.24, 2.45) is 0 Å². The smallest absolute Gasteiger partial charge is 0.321 e. The largest absolute Gasteiger partial charge is 0.468 e. The van der Waals surface area contributed by atoms with Crippen molar-refractivity contribution in [2.75, 3.05) is 12.9 Å². The maximum Gasteiger partial charge on any atom is 0.321 e. The molecular weight excluding hydrogens is 164 g/mol. The number of hydrogen-bond acceptors (Lipinski definition) is 3. The molecule has 0 radical (unpaired) electrons. The van der Waals surface area contributed by atoms with Gasteiger partial charge in [0.05, 0.1) is 7.11 Å². The van der Waals surface area contributed by atoms with E-state index in [2.05, 4.69) is 4.74 Å². The average molecular weight is 178 g/mol. The molecule has 0 N–H and O–H groups in total. The van der Waals surface area contributed by atoms with Gasteiger partial charge < -0.3 is 4.74 Å². The first-order valence-electron chi connectivity index (χ1n) is 3.58. The van der Waals surface area contributed by atoms with Crippen molar-refractivity contribution in [1.29, 1.82) is 0 Å². The lowest BCUT2D eigenvalue weighted by molar-refractivity contribution is -0.139. The molecule has 0 aliphatic heterocycles. The third-order valence-electron chi connectivity index (χ3n) is 1.33. The summed E-state index contributed by atoms with van der Waals surface area (Å²) < 4.78 is 15.6. The van der Waals surface area contributed by atoms with Crippen LogP contribution in [0.5, 0.6) is 0 Å². The fourth-order valence-corrected chi connectivity index (χ4v) is 1.72. The molecule has 0 bridgehead atoms. The quantitative estimate of drug-likeness (QED) is 0.595. The summed E-state index contributed by atoms with van der Waals surface area (Å²) in [5, 5.41) is -0.486. The van der Waals surface area contributed by atoms with E-state index in [-0.39, 0.29) is 0 Å². The van der Waals surface area contributed by atoms with Gasteiger partial charge in [0.2, 0.25) is 0 Å². The standard InChI is InChI=1S/C7H14O3S/c1-4-5-11(9)6(2)7(8)10-3/h6H,4-5H2,1-3H3. The maximum atomic E-state index is 11.2. The second kappa shape index (κ2) is 5.29. The predicted octanol–water partition coefficient (Wildman–Crippen LogP) is 0.707. The van der Waals surface area contributed by atoms with E-state index in [1.807, 2.05) is 6.92 Å². The molecule has 0 heterocycles. The summed E-state index contributed by atoms with van der Waals surface area (Å²) in [6.45, 7) is 3.56. The molecule has 0 aromatic carbocycles. The minimum absolute atomic E-state index is 0.392. The first-order valence-corrected chi connectivity index (χ1v) is 4.96. The van der Waals surface area contributed by atoms with Crippen LogP contribution in [0, 0.1) is 0 Å². The van der Waals surface area contributed by atoms with Gasteiger partial charge in [-0.05, 0) is 13.3 Å². The van der Waals surface area contributed by atoms with Crippen LogP contribution in [0.4, 0.5) is 0 Å². The van der Waals surface area contributed by atoms with Crippen molar-refractivity contribution in [3.05, 3.63) is 0 Å². The van der Waals surface area contributed by atoms with Gasteiger partial charge in [0.15, 0.2) is 0 Å². The highest BCUT2D eigenvalue weighted by molar-refractivity contribution is 7.86. The summed E-state index contributed by atoms with van der Waals surface area (Å²) in [6.07, 6.45) is 0.827. The normalized spacial score (nSPS) is 15.5. The van der Waals surface area contributed by atoms with Gasteiger partial charge in [-0.25, -0.2) is 0 Å². The zero-order valence-electron chi connectivity index (χ0n) is 7.12. The molecular formula is C7H14O3S. The van der Waals surface area contributed by atoms with E-state index >= 15 is 0 Å². The maximum absolute atomic E-state index is 11.2. The summed E-state index contributed by atoms with van der Waals surface area (Å²) in [4.78, 5) is 10.8. The van der Waals surface area contributed by atoms with E-state index in [4.69, 9.17) is 0 Å². The molecule has 0 aromatic rings. The molecule has 2 unspecified atom stereocenters. The van der Waals surface area contributed by atoms with Crippen molar-refractivity contribution < 1.29 is 13.7 Å². The molecule has 0 saturated heterocycles. The van der Waals surface area contributed by atoms with E-state index in [0.29, 0.717) is 5.75 Å². The Balaban J connectivity index is 3.91. The summed E-state index contributed by atoms with van der Waals surface area (Å²) in [5.74, 6) is 0.174. The summed E-state index contributed by atoms with van der Waals surface area (Å²) >= 11 is 0. The molecule has 2 atom stereocenters. The zero-order chi connectivity index (χ0) is 8.85. The number of ether oxygens (including phenoxy) is 1. The van der Waals surface area contributed by atoms with E-state index in [9.17, 15) is 9.00 Å². The summed E-state index contributed by atoms with van der Waals surface area (Å²) in [6, 6.07) is 0. The molecule has 0 rings (SSSR count). The van der Waals surface area contributed by atoms with Crippen LogP contribution >= 0.6 is 0 Å². The van der Waals surface area contributed by atoms with Gasteiger partial charge in [0, 0.05) is 16.6 Å². The third-order valence-corrected chi connectivity index (χ3v) is 3.12. The van der Waals surface area contributed by atoms with Gasteiger partial charge in [0.1, 0.15) is 5.25 Å². The van der Waals surface area contributed by atoms with Crippen LogP contribution in [-0.2, 0) is 20.3 Å². The molecule has 66 valence electrons. The van der Waals surface area contributed by atoms with E-state index in [1.165, 1.54) is 7.11 Å². The lowest BCUT2D eigenvalue weighted by Gasteiger charge is -2.06. The van der Waals surface area contributed by atoms with Crippen molar-refractivity contribution >= 4 is 16.8 Å². The molecule has 4 heteroatoms. The Hall–Kier alpha value is -0.380. The number of rotatable bonds is 4. The van der Waals surface area contributed by atoms with E-state index < -0.39 is 22.0 Å². The van der Waals surface area contributed by atoms with Gasteiger partial charge in [-0.3, -0.25) is 9.00 Å². The van der Waals surface area contributed by atoms with Crippen molar-refractivity contribution in [3.63, 3.8) is 0 Å².